The first-order chi connectivity index (χ1) is 13.5. The van der Waals surface area contributed by atoms with Crippen LogP contribution in [0.25, 0.3) is 17.2 Å². The molecule has 0 saturated heterocycles. The highest BCUT2D eigenvalue weighted by molar-refractivity contribution is 6.83. The predicted molar refractivity (Wildman–Crippen MR) is 108 cm³/mol. The van der Waals surface area contributed by atoms with Crippen molar-refractivity contribution in [3.63, 3.8) is 0 Å². The summed E-state index contributed by atoms with van der Waals surface area (Å²) in [6, 6.07) is 4.06. The Bertz CT molecular complexity index is 1180. The highest BCUT2D eigenvalue weighted by atomic mass is 16.3. The molecule has 0 bridgehead atoms. The van der Waals surface area contributed by atoms with Gasteiger partial charge in [-0.1, -0.05) is 5.47 Å². The van der Waals surface area contributed by atoms with Gasteiger partial charge in [-0.15, -0.1) is 0 Å². The Labute approximate surface area is 159 Å². The molecule has 0 atom stereocenters. The summed E-state index contributed by atoms with van der Waals surface area (Å²) in [5.41, 5.74) is 7.07. The maximum absolute atomic E-state index is 7.79. The number of hydrogen-bond acceptors (Lipinski definition) is 3. The largest absolute Gasteiger partial charge is 0.436 e. The monoisotopic (exact) mass is 349 g/mol. The first-order valence-corrected chi connectivity index (χ1v) is 8.81. The summed E-state index contributed by atoms with van der Waals surface area (Å²) in [6.07, 6.45) is 3.81. The number of pyridine rings is 2. The van der Waals surface area contributed by atoms with Gasteiger partial charge < -0.3 is 9.23 Å². The molecule has 0 radical (unpaired) electrons. The fraction of sp³-hybridized carbons (Fsp3) is 0.333. The van der Waals surface area contributed by atoms with Gasteiger partial charge >= 0.3 is 6.85 Å². The minimum atomic E-state index is -2.13. The molecule has 4 rings (SSSR count). The van der Waals surface area contributed by atoms with E-state index in [0.29, 0.717) is 11.3 Å². The second-order valence-electron chi connectivity index (χ2n) is 7.38. The lowest BCUT2D eigenvalue weighted by Crippen LogP contribution is -2.62. The van der Waals surface area contributed by atoms with Crippen LogP contribution in [0.1, 0.15) is 39.2 Å². The lowest BCUT2D eigenvalue weighted by molar-refractivity contribution is -0.654. The topological polar surface area (TPSA) is 33.1 Å². The molecule has 5 heteroatoms. The molecule has 26 heavy (non-hydrogen) atoms. The Morgan fingerprint density at radius 1 is 1.15 bits per heavy atom. The molecule has 0 aliphatic carbocycles. The van der Waals surface area contributed by atoms with Gasteiger partial charge in [-0.3, -0.25) is 0 Å². The van der Waals surface area contributed by atoms with Crippen LogP contribution in [0.15, 0.2) is 28.2 Å². The normalized spacial score (nSPS) is 16.2. The summed E-state index contributed by atoms with van der Waals surface area (Å²) >= 11 is 0. The zero-order valence-electron chi connectivity index (χ0n) is 19.1. The molecule has 0 fully saturated rings. The van der Waals surface area contributed by atoms with Crippen LogP contribution < -0.4 is 15.0 Å². The van der Waals surface area contributed by atoms with Crippen molar-refractivity contribution in [2.45, 2.75) is 34.5 Å². The molecule has 0 saturated carbocycles. The molecule has 1 aliphatic heterocycles. The number of hydrogen-bond donors (Lipinski definition) is 0. The minimum Gasteiger partial charge on any atom is -0.436 e. The second-order valence-corrected chi connectivity index (χ2v) is 7.38. The van der Waals surface area contributed by atoms with Crippen LogP contribution in [0, 0.1) is 27.6 Å². The van der Waals surface area contributed by atoms with E-state index in [4.69, 9.17) is 8.53 Å². The number of rotatable bonds is 1. The molecule has 0 spiro atoms. The second kappa shape index (κ2) is 5.73. The lowest BCUT2D eigenvalue weighted by Gasteiger charge is -2.29. The summed E-state index contributed by atoms with van der Waals surface area (Å²) in [5.74, 6) is 0.816. The summed E-state index contributed by atoms with van der Waals surface area (Å²) in [5, 5.41) is 1.03. The number of anilines is 1. The van der Waals surface area contributed by atoms with E-state index in [9.17, 15) is 0 Å². The summed E-state index contributed by atoms with van der Waals surface area (Å²) < 4.78 is 31.4. The molecule has 3 aromatic rings. The van der Waals surface area contributed by atoms with Crippen LogP contribution in [0.2, 0.25) is 0 Å². The third-order valence-electron chi connectivity index (χ3n) is 5.32. The van der Waals surface area contributed by atoms with Crippen LogP contribution >= 0.6 is 0 Å². The van der Waals surface area contributed by atoms with Gasteiger partial charge in [0.25, 0.3) is 0 Å². The smallest absolute Gasteiger partial charge is 0.399 e. The van der Waals surface area contributed by atoms with Crippen LogP contribution in [0.5, 0.6) is 0 Å². The fourth-order valence-corrected chi connectivity index (χ4v) is 4.08. The van der Waals surface area contributed by atoms with Gasteiger partial charge in [0.15, 0.2) is 17.6 Å². The molecule has 4 nitrogen and oxygen atoms in total. The Kier molecular flexibility index (Phi) is 3.00. The highest BCUT2D eigenvalue weighted by Gasteiger charge is 2.39. The van der Waals surface area contributed by atoms with Crippen LogP contribution in [-0.4, -0.2) is 18.9 Å². The van der Waals surface area contributed by atoms with E-state index in [1.54, 1.807) is 6.20 Å². The fourth-order valence-electron chi connectivity index (χ4n) is 4.08. The van der Waals surface area contributed by atoms with Gasteiger partial charge in [-0.25, -0.2) is 9.55 Å². The van der Waals surface area contributed by atoms with Crippen LogP contribution in [0.4, 0.5) is 5.69 Å². The molecular formula is C21H25BN3O+. The molecule has 132 valence electrons. The maximum atomic E-state index is 7.79. The molecule has 3 aromatic heterocycles. The van der Waals surface area contributed by atoms with Crippen molar-refractivity contribution in [3.05, 3.63) is 51.9 Å². The van der Waals surface area contributed by atoms with Gasteiger partial charge in [0, 0.05) is 21.4 Å². The van der Waals surface area contributed by atoms with Crippen molar-refractivity contribution in [2.24, 2.45) is 7.05 Å². The molecule has 1 aliphatic rings. The minimum absolute atomic E-state index is 0.0293. The average Bonchev–Trinajstić information content (AvgIpc) is 2.94. The van der Waals surface area contributed by atoms with E-state index in [1.807, 2.05) is 31.5 Å². The zero-order chi connectivity index (χ0) is 21.2. The maximum Gasteiger partial charge on any atom is 0.399 e. The van der Waals surface area contributed by atoms with Crippen LogP contribution in [0.3, 0.4) is 0 Å². The van der Waals surface area contributed by atoms with Gasteiger partial charge in [0.1, 0.15) is 7.05 Å². The Morgan fingerprint density at radius 2 is 1.92 bits per heavy atom. The molecule has 0 aromatic carbocycles. The van der Waals surface area contributed by atoms with Crippen molar-refractivity contribution in [2.75, 3.05) is 11.9 Å². The van der Waals surface area contributed by atoms with Gasteiger partial charge in [0.05, 0.1) is 11.1 Å². The Balaban J connectivity index is 1.90. The molecule has 0 amide bonds. The molecule has 0 unspecified atom stereocenters. The van der Waals surface area contributed by atoms with Crippen molar-refractivity contribution in [1.82, 2.24) is 4.98 Å². The first-order valence-electron chi connectivity index (χ1n) is 10.3. The number of furan rings is 1. The Hall–Kier alpha value is -2.56. The quantitative estimate of drug-likeness (QED) is 0.500. The van der Waals surface area contributed by atoms with Crippen molar-refractivity contribution >= 4 is 35.3 Å². The first kappa shape index (κ1) is 13.6. The number of fused-ring (bicyclic) bond motifs is 3. The van der Waals surface area contributed by atoms with Gasteiger partial charge in [-0.2, -0.15) is 0 Å². The molecular weight excluding hydrogens is 321 g/mol. The van der Waals surface area contributed by atoms with E-state index < -0.39 is 6.85 Å². The van der Waals surface area contributed by atoms with Gasteiger partial charge in [-0.05, 0) is 64.9 Å². The SMILES string of the molecule is [2H]C([2H])([2H])c1c[n+](C)c(B2C(C)=Cc3oc4nc(C)cc(C)c4c3N2C)cc1C. The summed E-state index contributed by atoms with van der Waals surface area (Å²) in [6.45, 7) is 5.84. The molecule has 4 heterocycles. The average molecular weight is 349 g/mol. The van der Waals surface area contributed by atoms with Crippen molar-refractivity contribution in [1.29, 1.82) is 0 Å². The van der Waals surface area contributed by atoms with E-state index >= 15 is 0 Å². The van der Waals surface area contributed by atoms with Gasteiger partial charge in [0.2, 0.25) is 5.71 Å². The van der Waals surface area contributed by atoms with Crippen LogP contribution in [-0.2, 0) is 7.05 Å². The van der Waals surface area contributed by atoms with E-state index in [-0.39, 0.29) is 6.85 Å². The van der Waals surface area contributed by atoms with Crippen molar-refractivity contribution < 1.29 is 13.1 Å². The summed E-state index contributed by atoms with van der Waals surface area (Å²) in [4.78, 5) is 6.79. The number of nitrogens with zero attached hydrogens (tertiary/aromatic N) is 3. The third kappa shape index (κ3) is 2.37. The highest BCUT2D eigenvalue weighted by Crippen LogP contribution is 2.39. The predicted octanol–water partition coefficient (Wildman–Crippen LogP) is 3.18. The molecule has 0 N–H and O–H groups in total. The van der Waals surface area contributed by atoms with E-state index in [1.165, 1.54) is 0 Å². The standard InChI is InChI=1S/C21H25BN3O/c1-12-9-18(24(6)11-14(12)3)22-15(4)10-17-20(25(22)7)19-13(2)8-16(5)23-21(19)26-17/h8-11H,1-7H3/q+1/i3D3. The third-order valence-corrected chi connectivity index (χ3v) is 5.32. The number of aryl methyl sites for hydroxylation is 5. The van der Waals surface area contributed by atoms with E-state index in [0.717, 1.165) is 44.7 Å². The lowest BCUT2D eigenvalue weighted by atomic mass is 9.49. The zero-order valence-corrected chi connectivity index (χ0v) is 16.1. The number of allylic oxidation sites excluding steroid dienone is 1. The van der Waals surface area contributed by atoms with Crippen molar-refractivity contribution in [3.8, 4) is 0 Å². The summed E-state index contributed by atoms with van der Waals surface area (Å²) in [7, 11) is 3.96. The Morgan fingerprint density at radius 3 is 2.65 bits per heavy atom. The van der Waals surface area contributed by atoms with E-state index in [2.05, 4.69) is 42.8 Å². The number of aromatic nitrogens is 2.